The molecule has 0 radical (unpaired) electrons. The van der Waals surface area contributed by atoms with Gasteiger partial charge in [0.1, 0.15) is 18.2 Å². The van der Waals surface area contributed by atoms with Crippen molar-refractivity contribution in [2.45, 2.75) is 50.4 Å². The summed E-state index contributed by atoms with van der Waals surface area (Å²) in [6.45, 7) is 7.20. The minimum absolute atomic E-state index is 0.00317. The molecule has 0 unspecified atom stereocenters. The number of carbonyl (C=O) groups excluding carboxylic acids is 2. The van der Waals surface area contributed by atoms with Crippen LogP contribution in [0.5, 0.6) is 0 Å². The van der Waals surface area contributed by atoms with Gasteiger partial charge in [-0.2, -0.15) is 5.10 Å². The van der Waals surface area contributed by atoms with Crippen molar-refractivity contribution in [1.29, 1.82) is 0 Å². The number of carbonyl (C=O) groups is 2. The van der Waals surface area contributed by atoms with Gasteiger partial charge in [-0.25, -0.2) is 9.07 Å². The summed E-state index contributed by atoms with van der Waals surface area (Å²) in [5.74, 6) is -0.113. The topological polar surface area (TPSA) is 76.5 Å². The molecule has 0 saturated carbocycles. The molecule has 1 fully saturated rings. The lowest BCUT2D eigenvalue weighted by atomic mass is 9.88. The molecule has 0 spiro atoms. The molecule has 1 saturated heterocycles. The number of thioether (sulfide) groups is 1. The van der Waals surface area contributed by atoms with Crippen LogP contribution >= 0.6 is 23.1 Å². The van der Waals surface area contributed by atoms with Crippen LogP contribution in [-0.2, 0) is 19.7 Å². The molecular weight excluding hydrogens is 511 g/mol. The average molecular weight is 543 g/mol. The van der Waals surface area contributed by atoms with Crippen LogP contribution in [0, 0.1) is 5.82 Å². The van der Waals surface area contributed by atoms with Crippen LogP contribution in [0.4, 0.5) is 10.2 Å². The summed E-state index contributed by atoms with van der Waals surface area (Å²) in [6, 6.07) is 10.2. The Morgan fingerprint density at radius 1 is 1.27 bits per heavy atom. The minimum Gasteiger partial charge on any atom is -0.376 e. The Morgan fingerprint density at radius 3 is 2.78 bits per heavy atom. The van der Waals surface area contributed by atoms with Crippen molar-refractivity contribution in [3.05, 3.63) is 63.7 Å². The van der Waals surface area contributed by atoms with Gasteiger partial charge < -0.3 is 10.1 Å². The monoisotopic (exact) mass is 542 g/mol. The first-order valence-electron chi connectivity index (χ1n) is 12.5. The summed E-state index contributed by atoms with van der Waals surface area (Å²) in [6.07, 6.45) is 1.90. The Morgan fingerprint density at radius 2 is 2.11 bits per heavy atom. The van der Waals surface area contributed by atoms with Gasteiger partial charge in [-0.3, -0.25) is 14.5 Å². The SMILES string of the molecule is CC(C)(C)c1nn(-c2cccc(F)c2)c2c1[C@H](c1cccs1)SCC(=O)N2CC(=O)NC[C@H]1CCCO1. The number of fused-ring (bicyclic) bond motifs is 1. The molecule has 2 aliphatic rings. The van der Waals surface area contributed by atoms with Gasteiger partial charge in [0, 0.05) is 29.0 Å². The summed E-state index contributed by atoms with van der Waals surface area (Å²) in [7, 11) is 0. The van der Waals surface area contributed by atoms with Crippen molar-refractivity contribution < 1.29 is 18.7 Å². The van der Waals surface area contributed by atoms with E-state index in [1.807, 2.05) is 11.4 Å². The van der Waals surface area contributed by atoms with Crippen LogP contribution in [0.15, 0.2) is 41.8 Å². The van der Waals surface area contributed by atoms with Gasteiger partial charge in [0.2, 0.25) is 11.8 Å². The second kappa shape index (κ2) is 10.6. The molecule has 196 valence electrons. The van der Waals surface area contributed by atoms with Crippen molar-refractivity contribution in [3.8, 4) is 5.69 Å². The lowest BCUT2D eigenvalue weighted by Gasteiger charge is -2.24. The maximum absolute atomic E-state index is 14.3. The summed E-state index contributed by atoms with van der Waals surface area (Å²) in [5, 5.41) is 9.79. The third-order valence-electron chi connectivity index (χ3n) is 6.51. The van der Waals surface area contributed by atoms with E-state index >= 15 is 0 Å². The quantitative estimate of drug-likeness (QED) is 0.483. The number of rotatable bonds is 6. The zero-order valence-corrected chi connectivity index (χ0v) is 22.8. The standard InChI is InChI=1S/C27H31FN4O3S2/c1-27(2,3)25-23-24(20-10-6-12-36-20)37-16-22(34)31(15-21(33)29-14-19-9-5-11-35-19)26(23)32(30-25)18-8-4-7-17(28)13-18/h4,6-8,10,12-13,19,24H,5,9,11,14-16H2,1-3H3,(H,29,33)/t19-,24+/m1/s1. The van der Waals surface area contributed by atoms with Crippen LogP contribution in [0.3, 0.4) is 0 Å². The smallest absolute Gasteiger partial charge is 0.240 e. The fraction of sp³-hybridized carbons (Fsp3) is 0.444. The molecule has 1 aromatic carbocycles. The normalized spacial score (nSPS) is 20.1. The summed E-state index contributed by atoms with van der Waals surface area (Å²) >= 11 is 3.17. The van der Waals surface area contributed by atoms with E-state index in [9.17, 15) is 14.0 Å². The third kappa shape index (κ3) is 5.46. The lowest BCUT2D eigenvalue weighted by Crippen LogP contribution is -2.44. The second-order valence-electron chi connectivity index (χ2n) is 10.4. The zero-order valence-electron chi connectivity index (χ0n) is 21.2. The molecule has 4 heterocycles. The van der Waals surface area contributed by atoms with Crippen LogP contribution in [0.1, 0.15) is 55.0 Å². The van der Waals surface area contributed by atoms with Crippen molar-refractivity contribution in [3.63, 3.8) is 0 Å². The van der Waals surface area contributed by atoms with E-state index in [2.05, 4.69) is 32.2 Å². The lowest BCUT2D eigenvalue weighted by molar-refractivity contribution is -0.123. The average Bonchev–Trinajstić information content (AvgIpc) is 3.61. The van der Waals surface area contributed by atoms with E-state index in [4.69, 9.17) is 9.84 Å². The van der Waals surface area contributed by atoms with E-state index in [1.165, 1.54) is 28.8 Å². The maximum atomic E-state index is 14.3. The largest absolute Gasteiger partial charge is 0.376 e. The number of thiophene rings is 1. The highest BCUT2D eigenvalue weighted by molar-refractivity contribution is 8.00. The summed E-state index contributed by atoms with van der Waals surface area (Å²) in [4.78, 5) is 29.3. The molecule has 37 heavy (non-hydrogen) atoms. The predicted molar refractivity (Wildman–Crippen MR) is 145 cm³/mol. The second-order valence-corrected chi connectivity index (χ2v) is 12.4. The van der Waals surface area contributed by atoms with Crippen LogP contribution in [0.25, 0.3) is 5.69 Å². The fourth-order valence-corrected chi connectivity index (χ4v) is 6.93. The molecule has 0 aliphatic carbocycles. The number of halogens is 1. The van der Waals surface area contributed by atoms with Crippen molar-refractivity contribution in [2.75, 3.05) is 30.3 Å². The molecule has 7 nitrogen and oxygen atoms in total. The third-order valence-corrected chi connectivity index (χ3v) is 8.83. The van der Waals surface area contributed by atoms with Crippen LogP contribution in [-0.4, -0.2) is 53.1 Å². The van der Waals surface area contributed by atoms with E-state index in [1.54, 1.807) is 28.2 Å². The van der Waals surface area contributed by atoms with Gasteiger partial charge in [-0.15, -0.1) is 23.1 Å². The maximum Gasteiger partial charge on any atom is 0.240 e. The molecule has 1 N–H and O–H groups in total. The molecule has 2 aliphatic heterocycles. The van der Waals surface area contributed by atoms with Gasteiger partial charge in [0.15, 0.2) is 0 Å². The number of aromatic nitrogens is 2. The van der Waals surface area contributed by atoms with Crippen molar-refractivity contribution >= 4 is 40.7 Å². The fourth-order valence-electron chi connectivity index (χ4n) is 4.76. The first-order chi connectivity index (χ1) is 17.7. The Hall–Kier alpha value is -2.69. The highest BCUT2D eigenvalue weighted by Crippen LogP contribution is 2.49. The van der Waals surface area contributed by atoms with E-state index in [0.29, 0.717) is 24.7 Å². The number of nitrogens with one attached hydrogen (secondary N) is 1. The molecule has 2 aromatic heterocycles. The Kier molecular flexibility index (Phi) is 7.42. The molecule has 2 atom stereocenters. The van der Waals surface area contributed by atoms with E-state index in [0.717, 1.165) is 29.0 Å². The van der Waals surface area contributed by atoms with Crippen LogP contribution < -0.4 is 10.2 Å². The molecule has 3 aromatic rings. The van der Waals surface area contributed by atoms with E-state index < -0.39 is 5.82 Å². The number of nitrogens with zero attached hydrogens (tertiary/aromatic N) is 3. The molecule has 0 bridgehead atoms. The molecular formula is C27H31FN4O3S2. The predicted octanol–water partition coefficient (Wildman–Crippen LogP) is 4.83. The number of benzene rings is 1. The van der Waals surface area contributed by atoms with Gasteiger partial charge in [-0.1, -0.05) is 32.9 Å². The van der Waals surface area contributed by atoms with Crippen LogP contribution in [0.2, 0.25) is 0 Å². The van der Waals surface area contributed by atoms with Gasteiger partial charge in [0.05, 0.1) is 28.5 Å². The Balaban J connectivity index is 1.63. The van der Waals surface area contributed by atoms with Gasteiger partial charge >= 0.3 is 0 Å². The number of anilines is 1. The molecule has 2 amide bonds. The summed E-state index contributed by atoms with van der Waals surface area (Å²) < 4.78 is 21.6. The number of hydrogen-bond acceptors (Lipinski definition) is 6. The number of ether oxygens (including phenoxy) is 1. The highest BCUT2D eigenvalue weighted by Gasteiger charge is 2.40. The minimum atomic E-state index is -0.399. The number of hydrogen-bond donors (Lipinski definition) is 1. The van der Waals surface area contributed by atoms with E-state index in [-0.39, 0.29) is 40.9 Å². The van der Waals surface area contributed by atoms with Gasteiger partial charge in [-0.05, 0) is 42.5 Å². The van der Waals surface area contributed by atoms with Crippen molar-refractivity contribution in [2.24, 2.45) is 0 Å². The Labute approximate surface area is 224 Å². The van der Waals surface area contributed by atoms with Crippen molar-refractivity contribution in [1.82, 2.24) is 15.1 Å². The molecule has 5 rings (SSSR count). The number of amides is 2. The Bertz CT molecular complexity index is 1280. The highest BCUT2D eigenvalue weighted by atomic mass is 32.2. The zero-order chi connectivity index (χ0) is 26.2. The van der Waals surface area contributed by atoms with Gasteiger partial charge in [0.25, 0.3) is 0 Å². The molecule has 10 heteroatoms. The first kappa shape index (κ1) is 25.9. The first-order valence-corrected chi connectivity index (χ1v) is 14.4. The summed E-state index contributed by atoms with van der Waals surface area (Å²) in [5.41, 5.74) is 1.85.